The molecule has 1 atom stereocenters. The molecule has 2 aliphatic rings. The number of ether oxygens (including phenoxy) is 2. The zero-order chi connectivity index (χ0) is 11.7. The highest BCUT2D eigenvalue weighted by molar-refractivity contribution is 5.29. The lowest BCUT2D eigenvalue weighted by Crippen LogP contribution is -2.41. The van der Waals surface area contributed by atoms with E-state index < -0.39 is 0 Å². The van der Waals surface area contributed by atoms with Gasteiger partial charge in [0.2, 0.25) is 6.79 Å². The lowest BCUT2D eigenvalue weighted by molar-refractivity contribution is 0.0708. The summed E-state index contributed by atoms with van der Waals surface area (Å²) in [7, 11) is 0. The summed E-state index contributed by atoms with van der Waals surface area (Å²) in [5.74, 6) is 2.73. The van der Waals surface area contributed by atoms with Crippen molar-refractivity contribution in [2.75, 3.05) is 6.79 Å². The van der Waals surface area contributed by atoms with Gasteiger partial charge in [0.25, 0.3) is 0 Å². The lowest BCUT2D eigenvalue weighted by atomic mass is 9.91. The Morgan fingerprint density at radius 3 is 3.18 bits per heavy atom. The van der Waals surface area contributed by atoms with Crippen LogP contribution in [0.4, 0.5) is 0 Å². The minimum absolute atomic E-state index is 0.112. The molecule has 4 nitrogen and oxygen atoms in total. The number of hydrogen-bond acceptors (Lipinski definition) is 4. The van der Waals surface area contributed by atoms with Gasteiger partial charge in [0.05, 0.1) is 12.8 Å². The third kappa shape index (κ3) is 2.08. The standard InChI is InChI=1S/C13H15NO3/c1-13(14-8-10-3-2-6-15-10)5-4-11-12(7-13)17-9-16-11/h2-6,14H,7-9H2,1H3. The molecule has 4 heteroatoms. The molecule has 1 aliphatic heterocycles. The van der Waals surface area contributed by atoms with E-state index in [0.717, 1.165) is 23.7 Å². The summed E-state index contributed by atoms with van der Waals surface area (Å²) in [6, 6.07) is 3.85. The van der Waals surface area contributed by atoms with E-state index in [1.807, 2.05) is 18.2 Å². The zero-order valence-corrected chi connectivity index (χ0v) is 9.73. The monoisotopic (exact) mass is 233 g/mol. The van der Waals surface area contributed by atoms with Gasteiger partial charge in [-0.1, -0.05) is 6.08 Å². The van der Waals surface area contributed by atoms with Gasteiger partial charge in [0, 0.05) is 12.0 Å². The fourth-order valence-electron chi connectivity index (χ4n) is 2.07. The van der Waals surface area contributed by atoms with Crippen LogP contribution in [0.25, 0.3) is 0 Å². The topological polar surface area (TPSA) is 43.6 Å². The molecule has 0 saturated carbocycles. The smallest absolute Gasteiger partial charge is 0.230 e. The average Bonchev–Trinajstić information content (AvgIpc) is 2.96. The molecule has 1 aromatic heterocycles. The van der Waals surface area contributed by atoms with Gasteiger partial charge in [-0.15, -0.1) is 0 Å². The maximum absolute atomic E-state index is 5.43. The first-order valence-electron chi connectivity index (χ1n) is 5.71. The summed E-state index contributed by atoms with van der Waals surface area (Å²) in [5, 5.41) is 3.46. The zero-order valence-electron chi connectivity index (χ0n) is 9.73. The molecular weight excluding hydrogens is 218 g/mol. The molecule has 0 fully saturated rings. The van der Waals surface area contributed by atoms with Gasteiger partial charge in [0.1, 0.15) is 11.5 Å². The van der Waals surface area contributed by atoms with Gasteiger partial charge in [-0.05, 0) is 25.1 Å². The van der Waals surface area contributed by atoms with Gasteiger partial charge in [-0.2, -0.15) is 0 Å². The first kappa shape index (κ1) is 10.5. The normalized spacial score (nSPS) is 26.6. The van der Waals surface area contributed by atoms with E-state index in [9.17, 15) is 0 Å². The summed E-state index contributed by atoms with van der Waals surface area (Å²) in [4.78, 5) is 0. The molecule has 1 aromatic rings. The second-order valence-electron chi connectivity index (χ2n) is 4.55. The fourth-order valence-corrected chi connectivity index (χ4v) is 2.07. The maximum atomic E-state index is 5.43. The third-order valence-electron chi connectivity index (χ3n) is 3.10. The fraction of sp³-hybridized carbons (Fsp3) is 0.385. The highest BCUT2D eigenvalue weighted by atomic mass is 16.7. The van der Waals surface area contributed by atoms with Crippen molar-refractivity contribution in [2.45, 2.75) is 25.4 Å². The molecule has 17 heavy (non-hydrogen) atoms. The molecule has 1 aliphatic carbocycles. The van der Waals surface area contributed by atoms with Crippen LogP contribution in [-0.4, -0.2) is 12.3 Å². The van der Waals surface area contributed by atoms with Crippen LogP contribution in [0.3, 0.4) is 0 Å². The molecule has 0 spiro atoms. The van der Waals surface area contributed by atoms with E-state index >= 15 is 0 Å². The third-order valence-corrected chi connectivity index (χ3v) is 3.10. The van der Waals surface area contributed by atoms with Crippen molar-refractivity contribution in [3.8, 4) is 0 Å². The predicted molar refractivity (Wildman–Crippen MR) is 61.8 cm³/mol. The summed E-state index contributed by atoms with van der Waals surface area (Å²) < 4.78 is 16.1. The van der Waals surface area contributed by atoms with Crippen LogP contribution in [0.5, 0.6) is 0 Å². The van der Waals surface area contributed by atoms with Crippen LogP contribution in [0, 0.1) is 0 Å². The van der Waals surface area contributed by atoms with Crippen LogP contribution in [0.2, 0.25) is 0 Å². The molecule has 0 radical (unpaired) electrons. The summed E-state index contributed by atoms with van der Waals surface area (Å²) in [5.41, 5.74) is -0.112. The summed E-state index contributed by atoms with van der Waals surface area (Å²) >= 11 is 0. The van der Waals surface area contributed by atoms with Crippen molar-refractivity contribution < 1.29 is 13.9 Å². The Hall–Kier alpha value is -1.68. The van der Waals surface area contributed by atoms with E-state index in [0.29, 0.717) is 13.3 Å². The Morgan fingerprint density at radius 1 is 1.41 bits per heavy atom. The highest BCUT2D eigenvalue weighted by Crippen LogP contribution is 2.31. The van der Waals surface area contributed by atoms with Crippen molar-refractivity contribution in [3.05, 3.63) is 47.8 Å². The first-order chi connectivity index (χ1) is 8.25. The van der Waals surface area contributed by atoms with Gasteiger partial charge in [-0.3, -0.25) is 0 Å². The molecule has 0 saturated heterocycles. The van der Waals surface area contributed by atoms with Gasteiger partial charge in [0.15, 0.2) is 5.76 Å². The minimum Gasteiger partial charge on any atom is -0.468 e. The van der Waals surface area contributed by atoms with E-state index in [4.69, 9.17) is 13.9 Å². The Balaban J connectivity index is 1.66. The number of nitrogens with one attached hydrogen (secondary N) is 1. The molecule has 0 amide bonds. The minimum atomic E-state index is -0.112. The molecule has 3 rings (SSSR count). The van der Waals surface area contributed by atoms with E-state index in [1.165, 1.54) is 0 Å². The SMILES string of the molecule is CC1(NCc2ccco2)C=CC2=C(C1)OCO2. The summed E-state index contributed by atoms with van der Waals surface area (Å²) in [6.45, 7) is 3.18. The van der Waals surface area contributed by atoms with E-state index in [1.54, 1.807) is 6.26 Å². The number of rotatable bonds is 3. The van der Waals surface area contributed by atoms with Crippen LogP contribution >= 0.6 is 0 Å². The largest absolute Gasteiger partial charge is 0.468 e. The quantitative estimate of drug-likeness (QED) is 0.870. The van der Waals surface area contributed by atoms with Crippen LogP contribution < -0.4 is 5.32 Å². The number of furan rings is 1. The van der Waals surface area contributed by atoms with Crippen LogP contribution in [0.1, 0.15) is 19.1 Å². The molecule has 0 aromatic carbocycles. The lowest BCUT2D eigenvalue weighted by Gasteiger charge is -2.29. The Bertz CT molecular complexity index is 461. The van der Waals surface area contributed by atoms with E-state index in [2.05, 4.69) is 18.3 Å². The van der Waals surface area contributed by atoms with Gasteiger partial charge in [-0.25, -0.2) is 0 Å². The van der Waals surface area contributed by atoms with Crippen molar-refractivity contribution in [1.29, 1.82) is 0 Å². The van der Waals surface area contributed by atoms with Crippen molar-refractivity contribution in [2.24, 2.45) is 0 Å². The Morgan fingerprint density at radius 2 is 2.35 bits per heavy atom. The Labute approximate surface area is 99.9 Å². The van der Waals surface area contributed by atoms with E-state index in [-0.39, 0.29) is 5.54 Å². The van der Waals surface area contributed by atoms with Crippen molar-refractivity contribution in [1.82, 2.24) is 5.32 Å². The molecule has 1 N–H and O–H groups in total. The van der Waals surface area contributed by atoms with Crippen LogP contribution in [0.15, 0.2) is 46.5 Å². The first-order valence-corrected chi connectivity index (χ1v) is 5.71. The van der Waals surface area contributed by atoms with Crippen LogP contribution in [-0.2, 0) is 16.0 Å². The number of hydrogen-bond donors (Lipinski definition) is 1. The van der Waals surface area contributed by atoms with Gasteiger partial charge < -0.3 is 19.2 Å². The Kier molecular flexibility index (Phi) is 2.44. The molecule has 1 unspecified atom stereocenters. The number of allylic oxidation sites excluding steroid dienone is 1. The van der Waals surface area contributed by atoms with Crippen molar-refractivity contribution >= 4 is 0 Å². The second-order valence-corrected chi connectivity index (χ2v) is 4.55. The van der Waals surface area contributed by atoms with Gasteiger partial charge >= 0.3 is 0 Å². The molecule has 90 valence electrons. The molecule has 2 heterocycles. The van der Waals surface area contributed by atoms with Crippen molar-refractivity contribution in [3.63, 3.8) is 0 Å². The summed E-state index contributed by atoms with van der Waals surface area (Å²) in [6.07, 6.45) is 6.58. The predicted octanol–water partition coefficient (Wildman–Crippen LogP) is 2.30. The maximum Gasteiger partial charge on any atom is 0.230 e. The molecular formula is C13H15NO3. The highest BCUT2D eigenvalue weighted by Gasteiger charge is 2.31. The second kappa shape index (κ2) is 3.96. The molecule has 0 bridgehead atoms. The average molecular weight is 233 g/mol.